The summed E-state index contributed by atoms with van der Waals surface area (Å²) in [6, 6.07) is 20.3. The van der Waals surface area contributed by atoms with Gasteiger partial charge in [0, 0.05) is 37.8 Å². The fourth-order valence-electron chi connectivity index (χ4n) is 6.17. The van der Waals surface area contributed by atoms with Gasteiger partial charge in [-0.3, -0.25) is 14.5 Å². The number of rotatable bonds is 9. The number of nitrogens with zero attached hydrogens (tertiary/aromatic N) is 2. The van der Waals surface area contributed by atoms with E-state index in [2.05, 4.69) is 24.2 Å². The van der Waals surface area contributed by atoms with E-state index in [1.807, 2.05) is 62.4 Å². The molecule has 0 saturated carbocycles. The van der Waals surface area contributed by atoms with Gasteiger partial charge in [-0.25, -0.2) is 0 Å². The molecule has 2 aliphatic rings. The van der Waals surface area contributed by atoms with Gasteiger partial charge in [0.1, 0.15) is 5.75 Å². The third-order valence-corrected chi connectivity index (χ3v) is 8.92. The Kier molecular flexibility index (Phi) is 12.3. The maximum Gasteiger partial charge on any atom is 0.258 e. The van der Waals surface area contributed by atoms with Crippen LogP contribution in [0.15, 0.2) is 66.7 Å². The zero-order valence-corrected chi connectivity index (χ0v) is 28.5. The van der Waals surface area contributed by atoms with Crippen molar-refractivity contribution in [3.63, 3.8) is 0 Å². The normalized spacial score (nSPS) is 20.8. The van der Waals surface area contributed by atoms with Crippen molar-refractivity contribution in [1.82, 2.24) is 9.80 Å². The Hall–Kier alpha value is -4.12. The largest absolute Gasteiger partial charge is 0.490 e. The quantitative estimate of drug-likeness (QED) is 0.309. The molecule has 48 heavy (non-hydrogen) atoms. The number of ether oxygens (including phenoxy) is 4. The number of nitrogens with one attached hydrogen (secondary N) is 1. The van der Waals surface area contributed by atoms with Crippen molar-refractivity contribution in [3.8, 4) is 17.2 Å². The molecule has 0 unspecified atom stereocenters. The maximum absolute atomic E-state index is 14.4. The summed E-state index contributed by atoms with van der Waals surface area (Å²) in [4.78, 5) is 31.2. The van der Waals surface area contributed by atoms with E-state index in [-0.39, 0.29) is 49.8 Å². The van der Waals surface area contributed by atoms with Crippen molar-refractivity contribution in [3.05, 3.63) is 83.4 Å². The highest BCUT2D eigenvalue weighted by atomic mass is 16.7. The number of hydrogen-bond acceptors (Lipinski definition) is 8. The first-order valence-corrected chi connectivity index (χ1v) is 16.9. The molecule has 0 saturated heterocycles. The summed E-state index contributed by atoms with van der Waals surface area (Å²) < 4.78 is 23.9. The van der Waals surface area contributed by atoms with Gasteiger partial charge in [-0.15, -0.1) is 0 Å². The molecule has 2 N–H and O–H groups in total. The standard InChI is InChI=1S/C38H49N3O7/c1-26-21-41(27(2)24-42)38(44)32-20-31(39-37(43)19-29-11-6-5-7-12-29)14-16-33(32)48-28(3)10-8-9-17-45-36(26)23-40(4)22-30-13-15-34-35(18-30)47-25-46-34/h5-7,11-16,18,20,26-28,36,42H,8-10,17,19,21-25H2,1-4H3,(H,39,43)/t26-,27+,28+,36+/m0/s1. The maximum atomic E-state index is 14.4. The van der Waals surface area contributed by atoms with Crippen molar-refractivity contribution < 1.29 is 33.6 Å². The lowest BCUT2D eigenvalue weighted by Crippen LogP contribution is -2.47. The van der Waals surface area contributed by atoms with Gasteiger partial charge in [-0.1, -0.05) is 43.3 Å². The Bertz CT molecular complexity index is 1520. The lowest BCUT2D eigenvalue weighted by atomic mass is 10.0. The van der Waals surface area contributed by atoms with Crippen LogP contribution in [0, 0.1) is 5.92 Å². The van der Waals surface area contributed by atoms with Gasteiger partial charge in [-0.05, 0) is 81.6 Å². The fourth-order valence-corrected chi connectivity index (χ4v) is 6.17. The van der Waals surface area contributed by atoms with E-state index >= 15 is 0 Å². The Morgan fingerprint density at radius 1 is 1.00 bits per heavy atom. The molecule has 0 radical (unpaired) electrons. The highest BCUT2D eigenvalue weighted by Gasteiger charge is 2.30. The molecular weight excluding hydrogens is 610 g/mol. The topological polar surface area (TPSA) is 110 Å². The number of aliphatic hydroxyl groups is 1. The summed E-state index contributed by atoms with van der Waals surface area (Å²) in [5.41, 5.74) is 2.87. The van der Waals surface area contributed by atoms with Crippen molar-refractivity contribution >= 4 is 17.5 Å². The molecule has 2 amide bonds. The third-order valence-electron chi connectivity index (χ3n) is 8.92. The number of amides is 2. The minimum Gasteiger partial charge on any atom is -0.490 e. The Labute approximate surface area is 283 Å². The van der Waals surface area contributed by atoms with Crippen LogP contribution in [0.3, 0.4) is 0 Å². The second-order valence-electron chi connectivity index (χ2n) is 13.1. The third kappa shape index (κ3) is 9.49. The molecule has 0 fully saturated rings. The first kappa shape index (κ1) is 35.2. The average Bonchev–Trinajstić information content (AvgIpc) is 3.54. The van der Waals surface area contributed by atoms with Gasteiger partial charge in [0.05, 0.1) is 36.8 Å². The molecule has 2 aliphatic heterocycles. The SMILES string of the molecule is C[C@@H]1CCCCO[C@H](CN(C)Cc2ccc3c(c2)OCO3)[C@@H](C)CN([C@H](C)CO)C(=O)c2cc(NC(=O)Cc3ccccc3)ccc2O1. The summed E-state index contributed by atoms with van der Waals surface area (Å²) in [6.07, 6.45) is 2.52. The van der Waals surface area contributed by atoms with Crippen LogP contribution >= 0.6 is 0 Å². The summed E-state index contributed by atoms with van der Waals surface area (Å²) in [5, 5.41) is 13.2. The van der Waals surface area contributed by atoms with Crippen LogP contribution < -0.4 is 19.5 Å². The molecule has 10 nitrogen and oxygen atoms in total. The van der Waals surface area contributed by atoms with Crippen LogP contribution in [0.4, 0.5) is 5.69 Å². The molecule has 3 aromatic carbocycles. The van der Waals surface area contributed by atoms with Crippen molar-refractivity contribution in [2.45, 2.75) is 71.2 Å². The summed E-state index contributed by atoms with van der Waals surface area (Å²) in [7, 11) is 2.06. The van der Waals surface area contributed by atoms with E-state index < -0.39 is 6.04 Å². The summed E-state index contributed by atoms with van der Waals surface area (Å²) >= 11 is 0. The van der Waals surface area contributed by atoms with E-state index in [1.165, 1.54) is 0 Å². The Balaban J connectivity index is 1.36. The molecule has 258 valence electrons. The van der Waals surface area contributed by atoms with Crippen molar-refractivity contribution in [2.24, 2.45) is 5.92 Å². The smallest absolute Gasteiger partial charge is 0.258 e. The van der Waals surface area contributed by atoms with Gasteiger partial charge >= 0.3 is 0 Å². The zero-order chi connectivity index (χ0) is 34.0. The first-order valence-electron chi connectivity index (χ1n) is 16.9. The Morgan fingerprint density at radius 3 is 2.56 bits per heavy atom. The van der Waals surface area contributed by atoms with E-state index in [0.29, 0.717) is 43.2 Å². The van der Waals surface area contributed by atoms with Gasteiger partial charge < -0.3 is 34.3 Å². The molecular formula is C38H49N3O7. The van der Waals surface area contributed by atoms with Crippen LogP contribution in [0.2, 0.25) is 0 Å². The van der Waals surface area contributed by atoms with Gasteiger partial charge in [0.25, 0.3) is 5.91 Å². The van der Waals surface area contributed by atoms with Gasteiger partial charge in [-0.2, -0.15) is 0 Å². The number of anilines is 1. The van der Waals surface area contributed by atoms with Crippen molar-refractivity contribution in [2.75, 3.05) is 45.5 Å². The minimum absolute atomic E-state index is 0.0536. The van der Waals surface area contributed by atoms with Gasteiger partial charge in [0.2, 0.25) is 12.7 Å². The average molecular weight is 660 g/mol. The highest BCUT2D eigenvalue weighted by Crippen LogP contribution is 2.33. The molecule has 4 atom stereocenters. The van der Waals surface area contributed by atoms with Crippen LogP contribution in [0.5, 0.6) is 17.2 Å². The molecule has 0 bridgehead atoms. The number of hydrogen-bond donors (Lipinski definition) is 2. The zero-order valence-electron chi connectivity index (χ0n) is 28.5. The first-order chi connectivity index (χ1) is 23.2. The number of aliphatic hydroxyl groups excluding tert-OH is 1. The van der Waals surface area contributed by atoms with E-state index in [1.54, 1.807) is 23.1 Å². The van der Waals surface area contributed by atoms with Gasteiger partial charge in [0.15, 0.2) is 11.5 Å². The lowest BCUT2D eigenvalue weighted by Gasteiger charge is -2.36. The Morgan fingerprint density at radius 2 is 1.77 bits per heavy atom. The number of fused-ring (bicyclic) bond motifs is 2. The number of benzene rings is 3. The molecule has 5 rings (SSSR count). The molecule has 0 aliphatic carbocycles. The summed E-state index contributed by atoms with van der Waals surface area (Å²) in [6.45, 7) is 8.28. The summed E-state index contributed by atoms with van der Waals surface area (Å²) in [5.74, 6) is 1.48. The molecule has 0 aromatic heterocycles. The fraction of sp³-hybridized carbons (Fsp3) is 0.474. The van der Waals surface area contributed by atoms with Crippen LogP contribution in [0.25, 0.3) is 0 Å². The second kappa shape index (κ2) is 16.8. The minimum atomic E-state index is -0.457. The van der Waals surface area contributed by atoms with Crippen LogP contribution in [0.1, 0.15) is 61.5 Å². The molecule has 10 heteroatoms. The van der Waals surface area contributed by atoms with Crippen LogP contribution in [-0.2, 0) is 22.5 Å². The second-order valence-corrected chi connectivity index (χ2v) is 13.1. The molecule has 2 heterocycles. The lowest BCUT2D eigenvalue weighted by molar-refractivity contribution is -0.115. The number of carbonyl (C=O) groups excluding carboxylic acids is 2. The van der Waals surface area contributed by atoms with E-state index in [4.69, 9.17) is 18.9 Å². The van der Waals surface area contributed by atoms with Crippen molar-refractivity contribution in [1.29, 1.82) is 0 Å². The molecule has 3 aromatic rings. The predicted octanol–water partition coefficient (Wildman–Crippen LogP) is 5.52. The number of likely N-dealkylation sites (N-methyl/N-ethyl adjacent to an activating group) is 1. The van der Waals surface area contributed by atoms with Crippen LogP contribution in [-0.4, -0.2) is 85.1 Å². The molecule has 0 spiro atoms. The predicted molar refractivity (Wildman–Crippen MR) is 185 cm³/mol. The van der Waals surface area contributed by atoms with E-state index in [9.17, 15) is 14.7 Å². The van der Waals surface area contributed by atoms with E-state index in [0.717, 1.165) is 41.9 Å². The monoisotopic (exact) mass is 659 g/mol. The highest BCUT2D eigenvalue weighted by molar-refractivity contribution is 6.00. The number of carbonyl (C=O) groups is 2.